The minimum Gasteiger partial charge on any atom is -0.508 e. The van der Waals surface area contributed by atoms with Crippen molar-refractivity contribution in [1.82, 2.24) is 0 Å². The van der Waals surface area contributed by atoms with E-state index in [2.05, 4.69) is 26.0 Å². The fourth-order valence-electron chi connectivity index (χ4n) is 3.42. The van der Waals surface area contributed by atoms with Gasteiger partial charge in [-0.25, -0.2) is 0 Å². The van der Waals surface area contributed by atoms with E-state index in [0.717, 1.165) is 36.8 Å². The van der Waals surface area contributed by atoms with Crippen molar-refractivity contribution in [3.8, 4) is 5.75 Å². The molecule has 1 aromatic carbocycles. The molecule has 2 rings (SSSR count). The van der Waals surface area contributed by atoms with Gasteiger partial charge in [0.05, 0.1) is 6.61 Å². The monoisotopic (exact) mass is 288 g/mol. The van der Waals surface area contributed by atoms with Gasteiger partial charge in [-0.05, 0) is 61.8 Å². The van der Waals surface area contributed by atoms with Crippen LogP contribution in [0.2, 0.25) is 0 Å². The Morgan fingerprint density at radius 2 is 2.05 bits per heavy atom. The molecule has 0 spiro atoms. The SMILES string of the molecule is CCCCCc1cc(C)c(C2C=C(CO)CCC2)c(O)c1. The Morgan fingerprint density at radius 1 is 1.24 bits per heavy atom. The fourth-order valence-corrected chi connectivity index (χ4v) is 3.42. The molecule has 1 aliphatic rings. The quantitative estimate of drug-likeness (QED) is 0.592. The summed E-state index contributed by atoms with van der Waals surface area (Å²) in [5.41, 5.74) is 4.59. The van der Waals surface area contributed by atoms with Crippen LogP contribution in [0.5, 0.6) is 5.75 Å². The molecule has 0 saturated heterocycles. The first kappa shape index (κ1) is 16.1. The standard InChI is InChI=1S/C19H28O2/c1-3-4-5-7-15-10-14(2)19(18(21)12-15)17-9-6-8-16(11-17)13-20/h10-12,17,20-21H,3-9,13H2,1-2H3. The first-order valence-corrected chi connectivity index (χ1v) is 8.28. The van der Waals surface area contributed by atoms with E-state index < -0.39 is 0 Å². The van der Waals surface area contributed by atoms with Crippen LogP contribution in [0.4, 0.5) is 0 Å². The van der Waals surface area contributed by atoms with Crippen LogP contribution in [0, 0.1) is 6.92 Å². The average Bonchev–Trinajstić information content (AvgIpc) is 2.47. The average molecular weight is 288 g/mol. The number of aromatic hydroxyl groups is 1. The smallest absolute Gasteiger partial charge is 0.119 e. The lowest BCUT2D eigenvalue weighted by atomic mass is 9.82. The van der Waals surface area contributed by atoms with Crippen LogP contribution >= 0.6 is 0 Å². The van der Waals surface area contributed by atoms with Gasteiger partial charge in [0.25, 0.3) is 0 Å². The number of aliphatic hydroxyl groups excluding tert-OH is 1. The van der Waals surface area contributed by atoms with E-state index in [1.165, 1.54) is 30.4 Å². The predicted molar refractivity (Wildman–Crippen MR) is 87.8 cm³/mol. The highest BCUT2D eigenvalue weighted by Crippen LogP contribution is 2.38. The first-order valence-electron chi connectivity index (χ1n) is 8.28. The number of phenolic OH excluding ortho intramolecular Hbond substituents is 1. The number of benzene rings is 1. The molecule has 0 amide bonds. The zero-order chi connectivity index (χ0) is 15.2. The van der Waals surface area contributed by atoms with E-state index in [1.54, 1.807) is 0 Å². The van der Waals surface area contributed by atoms with Crippen LogP contribution in [0.15, 0.2) is 23.8 Å². The molecule has 21 heavy (non-hydrogen) atoms. The molecule has 2 heteroatoms. The molecule has 0 aliphatic heterocycles. The third kappa shape index (κ3) is 4.10. The third-order valence-corrected chi connectivity index (χ3v) is 4.52. The zero-order valence-corrected chi connectivity index (χ0v) is 13.4. The van der Waals surface area contributed by atoms with Crippen LogP contribution in [-0.2, 0) is 6.42 Å². The highest BCUT2D eigenvalue weighted by Gasteiger charge is 2.20. The maximum Gasteiger partial charge on any atom is 0.119 e. The number of allylic oxidation sites excluding steroid dienone is 1. The lowest BCUT2D eigenvalue weighted by molar-refractivity contribution is 0.321. The van der Waals surface area contributed by atoms with Crippen LogP contribution < -0.4 is 0 Å². The number of aliphatic hydroxyl groups is 1. The van der Waals surface area contributed by atoms with Gasteiger partial charge in [-0.3, -0.25) is 0 Å². The van der Waals surface area contributed by atoms with Crippen molar-refractivity contribution in [1.29, 1.82) is 0 Å². The second-order valence-electron chi connectivity index (χ2n) is 6.28. The fraction of sp³-hybridized carbons (Fsp3) is 0.579. The molecule has 1 aromatic rings. The van der Waals surface area contributed by atoms with Crippen LogP contribution in [0.25, 0.3) is 0 Å². The Balaban J connectivity index is 2.20. The Labute approximate surface area is 128 Å². The second-order valence-corrected chi connectivity index (χ2v) is 6.28. The highest BCUT2D eigenvalue weighted by atomic mass is 16.3. The van der Waals surface area contributed by atoms with E-state index >= 15 is 0 Å². The zero-order valence-electron chi connectivity index (χ0n) is 13.4. The number of unbranched alkanes of at least 4 members (excludes halogenated alkanes) is 2. The lowest BCUT2D eigenvalue weighted by Crippen LogP contribution is -2.07. The largest absolute Gasteiger partial charge is 0.508 e. The molecule has 1 atom stereocenters. The van der Waals surface area contributed by atoms with Crippen molar-refractivity contribution >= 4 is 0 Å². The molecule has 0 heterocycles. The van der Waals surface area contributed by atoms with Gasteiger partial charge in [-0.15, -0.1) is 0 Å². The van der Waals surface area contributed by atoms with Gasteiger partial charge in [0.1, 0.15) is 5.75 Å². The first-order chi connectivity index (χ1) is 10.2. The van der Waals surface area contributed by atoms with Crippen molar-refractivity contribution in [2.24, 2.45) is 0 Å². The van der Waals surface area contributed by atoms with Crippen LogP contribution in [0.3, 0.4) is 0 Å². The molecule has 2 nitrogen and oxygen atoms in total. The van der Waals surface area contributed by atoms with Gasteiger partial charge < -0.3 is 10.2 Å². The molecule has 1 aliphatic carbocycles. The maximum atomic E-state index is 10.4. The van der Waals surface area contributed by atoms with E-state index in [-0.39, 0.29) is 12.5 Å². The van der Waals surface area contributed by atoms with Crippen molar-refractivity contribution in [3.05, 3.63) is 40.5 Å². The Hall–Kier alpha value is -1.28. The minimum atomic E-state index is 0.144. The van der Waals surface area contributed by atoms with Gasteiger partial charge in [0, 0.05) is 11.5 Å². The van der Waals surface area contributed by atoms with E-state index in [1.807, 2.05) is 6.07 Å². The molecular formula is C19H28O2. The molecule has 0 saturated carbocycles. The lowest BCUT2D eigenvalue weighted by Gasteiger charge is -2.23. The van der Waals surface area contributed by atoms with Crippen molar-refractivity contribution in [2.45, 2.75) is 64.7 Å². The number of hydrogen-bond acceptors (Lipinski definition) is 2. The van der Waals surface area contributed by atoms with Gasteiger partial charge in [-0.1, -0.05) is 31.9 Å². The van der Waals surface area contributed by atoms with E-state index in [4.69, 9.17) is 0 Å². The van der Waals surface area contributed by atoms with Crippen LogP contribution in [0.1, 0.15) is 68.1 Å². The van der Waals surface area contributed by atoms with Gasteiger partial charge in [-0.2, -0.15) is 0 Å². The summed E-state index contributed by atoms with van der Waals surface area (Å²) in [5.74, 6) is 0.688. The van der Waals surface area contributed by atoms with Gasteiger partial charge in [0.15, 0.2) is 0 Å². The number of phenols is 1. The molecule has 0 fully saturated rings. The summed E-state index contributed by atoms with van der Waals surface area (Å²) < 4.78 is 0. The predicted octanol–water partition coefficient (Wildman–Crippen LogP) is 4.62. The topological polar surface area (TPSA) is 40.5 Å². The second kappa shape index (κ2) is 7.65. The number of hydrogen-bond donors (Lipinski definition) is 2. The van der Waals surface area contributed by atoms with Crippen molar-refractivity contribution in [2.75, 3.05) is 6.61 Å². The molecule has 0 bridgehead atoms. The van der Waals surface area contributed by atoms with Gasteiger partial charge >= 0.3 is 0 Å². The molecule has 1 unspecified atom stereocenters. The summed E-state index contributed by atoms with van der Waals surface area (Å²) in [6.07, 6.45) is 10.00. The maximum absolute atomic E-state index is 10.4. The summed E-state index contributed by atoms with van der Waals surface area (Å²) in [5, 5.41) is 19.8. The summed E-state index contributed by atoms with van der Waals surface area (Å²) in [6.45, 7) is 4.45. The van der Waals surface area contributed by atoms with Crippen molar-refractivity contribution in [3.63, 3.8) is 0 Å². The summed E-state index contributed by atoms with van der Waals surface area (Å²) in [6, 6.07) is 4.17. The Bertz CT molecular complexity index is 479. The summed E-state index contributed by atoms with van der Waals surface area (Å²) >= 11 is 0. The van der Waals surface area contributed by atoms with Crippen molar-refractivity contribution < 1.29 is 10.2 Å². The summed E-state index contributed by atoms with van der Waals surface area (Å²) in [4.78, 5) is 0. The van der Waals surface area contributed by atoms with E-state index in [9.17, 15) is 10.2 Å². The Kier molecular flexibility index (Phi) is 5.86. The van der Waals surface area contributed by atoms with Crippen LogP contribution in [-0.4, -0.2) is 16.8 Å². The third-order valence-electron chi connectivity index (χ3n) is 4.52. The highest BCUT2D eigenvalue weighted by molar-refractivity contribution is 5.47. The normalized spacial score (nSPS) is 18.6. The van der Waals surface area contributed by atoms with E-state index in [0.29, 0.717) is 5.75 Å². The summed E-state index contributed by atoms with van der Waals surface area (Å²) in [7, 11) is 0. The molecular weight excluding hydrogens is 260 g/mol. The minimum absolute atomic E-state index is 0.144. The molecule has 0 radical (unpaired) electrons. The molecule has 0 aromatic heterocycles. The molecule has 2 N–H and O–H groups in total. The van der Waals surface area contributed by atoms with Gasteiger partial charge in [0.2, 0.25) is 0 Å². The number of rotatable bonds is 6. The number of aryl methyl sites for hydroxylation is 2. The Morgan fingerprint density at radius 3 is 2.71 bits per heavy atom. The molecule has 116 valence electrons.